The number of piperidine rings is 1. The molecule has 3 heterocycles. The number of hydrogen-bond acceptors (Lipinski definition) is 3. The zero-order chi connectivity index (χ0) is 28.7. The van der Waals surface area contributed by atoms with Gasteiger partial charge in [-0.25, -0.2) is 17.6 Å². The number of aromatic amines is 1. The summed E-state index contributed by atoms with van der Waals surface area (Å²) in [7, 11) is 0. The van der Waals surface area contributed by atoms with Crippen LogP contribution in [0.3, 0.4) is 0 Å². The predicted octanol–water partition coefficient (Wildman–Crippen LogP) is 6.31. The third-order valence-electron chi connectivity index (χ3n) is 8.38. The molecule has 1 saturated heterocycles. The largest absolute Gasteiger partial charge is 0.358 e. The molecule has 1 fully saturated rings. The molecule has 5 nitrogen and oxygen atoms in total. The molecule has 0 radical (unpaired) electrons. The molecular weight excluding hydrogens is 532 g/mol. The van der Waals surface area contributed by atoms with E-state index in [2.05, 4.69) is 15.2 Å². The van der Waals surface area contributed by atoms with E-state index < -0.39 is 17.9 Å². The minimum atomic E-state index is -1.74. The summed E-state index contributed by atoms with van der Waals surface area (Å²) in [4.78, 5) is 20.5. The number of carbonyl (C=O) groups is 1. The topological polar surface area (TPSA) is 51.4 Å². The van der Waals surface area contributed by atoms with Gasteiger partial charge in [-0.2, -0.15) is 0 Å². The second-order valence-corrected chi connectivity index (χ2v) is 11.1. The van der Waals surface area contributed by atoms with Crippen LogP contribution in [0.15, 0.2) is 54.6 Å². The molecule has 3 aromatic carbocycles. The number of nitrogens with zero attached hydrogens (tertiary/aromatic N) is 2. The highest BCUT2D eigenvalue weighted by molar-refractivity contribution is 5.99. The Kier molecular flexibility index (Phi) is 7.57. The molecule has 1 unspecified atom stereocenters. The molecule has 0 bridgehead atoms. The zero-order valence-corrected chi connectivity index (χ0v) is 22.8. The molecule has 6 rings (SSSR count). The van der Waals surface area contributed by atoms with Gasteiger partial charge in [0.1, 0.15) is 5.82 Å². The SMILES string of the molecule is Cc1ccc(C(F)N2CCC(NC(=O)c3ccc4[nH]c5c(c4c3)CN(Cc3ccc(F)cc3)CC5)CC2)c(F)c1F. The molecule has 1 aromatic heterocycles. The Morgan fingerprint density at radius 2 is 1.76 bits per heavy atom. The van der Waals surface area contributed by atoms with Crippen molar-refractivity contribution in [1.82, 2.24) is 20.1 Å². The number of hydrogen-bond donors (Lipinski definition) is 2. The van der Waals surface area contributed by atoms with Gasteiger partial charge in [-0.15, -0.1) is 0 Å². The summed E-state index contributed by atoms with van der Waals surface area (Å²) < 4.78 is 56.7. The van der Waals surface area contributed by atoms with E-state index in [1.807, 2.05) is 12.1 Å². The molecule has 0 saturated carbocycles. The summed E-state index contributed by atoms with van der Waals surface area (Å²) in [5.74, 6) is -2.60. The van der Waals surface area contributed by atoms with Crippen LogP contribution in [-0.4, -0.2) is 46.4 Å². The molecule has 2 N–H and O–H groups in total. The summed E-state index contributed by atoms with van der Waals surface area (Å²) >= 11 is 0. The van der Waals surface area contributed by atoms with Crippen molar-refractivity contribution in [3.63, 3.8) is 0 Å². The van der Waals surface area contributed by atoms with Crippen LogP contribution >= 0.6 is 0 Å². The highest BCUT2D eigenvalue weighted by Gasteiger charge is 2.30. The molecule has 4 aromatic rings. The molecule has 2 aliphatic rings. The van der Waals surface area contributed by atoms with Gasteiger partial charge < -0.3 is 10.3 Å². The number of rotatable bonds is 6. The summed E-state index contributed by atoms with van der Waals surface area (Å²) in [6.45, 7) is 4.40. The lowest BCUT2D eigenvalue weighted by atomic mass is 10.0. The van der Waals surface area contributed by atoms with E-state index in [9.17, 15) is 18.0 Å². The van der Waals surface area contributed by atoms with Gasteiger partial charge in [0.2, 0.25) is 0 Å². The van der Waals surface area contributed by atoms with E-state index in [1.54, 1.807) is 18.2 Å². The van der Waals surface area contributed by atoms with Crippen molar-refractivity contribution in [3.8, 4) is 0 Å². The maximum absolute atomic E-state index is 15.1. The Bertz CT molecular complexity index is 1580. The van der Waals surface area contributed by atoms with E-state index in [1.165, 1.54) is 47.3 Å². The number of halogens is 4. The van der Waals surface area contributed by atoms with Crippen LogP contribution < -0.4 is 5.32 Å². The minimum absolute atomic E-state index is 0.139. The highest BCUT2D eigenvalue weighted by atomic mass is 19.2. The van der Waals surface area contributed by atoms with E-state index >= 15 is 4.39 Å². The van der Waals surface area contributed by atoms with Gasteiger partial charge >= 0.3 is 0 Å². The molecule has 214 valence electrons. The summed E-state index contributed by atoms with van der Waals surface area (Å²) in [6.07, 6.45) is 0.122. The Hall–Kier alpha value is -3.69. The number of carbonyl (C=O) groups excluding carboxylic acids is 1. The normalized spacial score (nSPS) is 17.5. The van der Waals surface area contributed by atoms with Crippen LogP contribution in [0.2, 0.25) is 0 Å². The monoisotopic (exact) mass is 564 g/mol. The summed E-state index contributed by atoms with van der Waals surface area (Å²) in [6, 6.07) is 14.8. The van der Waals surface area contributed by atoms with Crippen LogP contribution in [0, 0.1) is 24.4 Å². The smallest absolute Gasteiger partial charge is 0.251 e. The predicted molar refractivity (Wildman–Crippen MR) is 150 cm³/mol. The zero-order valence-electron chi connectivity index (χ0n) is 22.8. The molecule has 1 amide bonds. The first kappa shape index (κ1) is 27.5. The number of benzene rings is 3. The fourth-order valence-corrected chi connectivity index (χ4v) is 5.98. The minimum Gasteiger partial charge on any atom is -0.358 e. The first-order chi connectivity index (χ1) is 19.8. The molecule has 9 heteroatoms. The lowest BCUT2D eigenvalue weighted by Crippen LogP contribution is -2.45. The van der Waals surface area contributed by atoms with E-state index in [0.29, 0.717) is 31.5 Å². The number of fused-ring (bicyclic) bond motifs is 3. The molecule has 41 heavy (non-hydrogen) atoms. The van der Waals surface area contributed by atoms with Gasteiger partial charge in [-0.3, -0.25) is 14.6 Å². The van der Waals surface area contributed by atoms with E-state index in [0.717, 1.165) is 42.5 Å². The quantitative estimate of drug-likeness (QED) is 0.213. The Morgan fingerprint density at radius 1 is 1.00 bits per heavy atom. The van der Waals surface area contributed by atoms with Crippen molar-refractivity contribution in [2.24, 2.45) is 0 Å². The Morgan fingerprint density at radius 3 is 2.51 bits per heavy atom. The molecule has 0 aliphatic carbocycles. The fourth-order valence-electron chi connectivity index (χ4n) is 5.98. The number of aromatic nitrogens is 1. The molecule has 1 atom stereocenters. The van der Waals surface area contributed by atoms with Crippen LogP contribution in [-0.2, 0) is 19.5 Å². The van der Waals surface area contributed by atoms with Gasteiger partial charge in [-0.1, -0.05) is 24.3 Å². The second-order valence-electron chi connectivity index (χ2n) is 11.1. The Balaban J connectivity index is 1.09. The summed E-state index contributed by atoms with van der Waals surface area (Å²) in [5, 5.41) is 4.08. The number of likely N-dealkylation sites (tertiary alicyclic amines) is 1. The van der Waals surface area contributed by atoms with Crippen molar-refractivity contribution in [3.05, 3.63) is 106 Å². The molecule has 0 spiro atoms. The average Bonchev–Trinajstić information content (AvgIpc) is 3.34. The third kappa shape index (κ3) is 5.61. The first-order valence-electron chi connectivity index (χ1n) is 14.0. The lowest BCUT2D eigenvalue weighted by Gasteiger charge is -2.34. The van der Waals surface area contributed by atoms with Crippen molar-refractivity contribution < 1.29 is 22.4 Å². The van der Waals surface area contributed by atoms with Crippen molar-refractivity contribution in [2.75, 3.05) is 19.6 Å². The van der Waals surface area contributed by atoms with Gasteiger partial charge in [-0.05, 0) is 66.8 Å². The standard InChI is InChI=1S/C32H32F4N4O/c1-19-2-8-24(30(35)29(19)34)31(36)40-14-10-23(11-15-40)37-32(41)21-5-9-27-25(16-21)26-18-39(13-12-28(26)38-27)17-20-3-6-22(33)7-4-20/h2-9,16,23,31,38H,10-15,17-18H2,1H3,(H,37,41). The maximum atomic E-state index is 15.1. The van der Waals surface area contributed by atoms with Gasteiger partial charge in [0.15, 0.2) is 17.9 Å². The van der Waals surface area contributed by atoms with Gasteiger partial charge in [0.05, 0.1) is 0 Å². The maximum Gasteiger partial charge on any atom is 0.251 e. The van der Waals surface area contributed by atoms with Crippen molar-refractivity contribution >= 4 is 16.8 Å². The number of amides is 1. The first-order valence-corrected chi connectivity index (χ1v) is 14.0. The van der Waals surface area contributed by atoms with Crippen LogP contribution in [0.4, 0.5) is 17.6 Å². The highest BCUT2D eigenvalue weighted by Crippen LogP contribution is 2.31. The van der Waals surface area contributed by atoms with Crippen LogP contribution in [0.5, 0.6) is 0 Å². The molecular formula is C32H32F4N4O. The average molecular weight is 565 g/mol. The number of nitrogens with one attached hydrogen (secondary N) is 2. The van der Waals surface area contributed by atoms with Crippen LogP contribution in [0.25, 0.3) is 10.9 Å². The van der Waals surface area contributed by atoms with Crippen LogP contribution in [0.1, 0.15) is 57.4 Å². The third-order valence-corrected chi connectivity index (χ3v) is 8.38. The fraction of sp³-hybridized carbons (Fsp3) is 0.344. The van der Waals surface area contributed by atoms with E-state index in [-0.39, 0.29) is 28.9 Å². The van der Waals surface area contributed by atoms with Crippen molar-refractivity contribution in [1.29, 1.82) is 0 Å². The van der Waals surface area contributed by atoms with Gasteiger partial charge in [0.25, 0.3) is 5.91 Å². The number of aryl methyl sites for hydroxylation is 1. The van der Waals surface area contributed by atoms with Crippen molar-refractivity contribution in [2.45, 2.75) is 51.6 Å². The molecule has 2 aliphatic heterocycles. The second kappa shape index (κ2) is 11.3. The number of alkyl halides is 1. The van der Waals surface area contributed by atoms with Gasteiger partial charge in [0, 0.05) is 72.9 Å². The lowest BCUT2D eigenvalue weighted by molar-refractivity contribution is 0.0496. The Labute approximate surface area is 236 Å². The number of H-pyrrole nitrogens is 1. The summed E-state index contributed by atoms with van der Waals surface area (Å²) in [5.41, 5.74) is 4.78. The van der Waals surface area contributed by atoms with E-state index in [4.69, 9.17) is 0 Å².